The lowest BCUT2D eigenvalue weighted by molar-refractivity contribution is 0.246. The fourth-order valence-corrected chi connectivity index (χ4v) is 1.86. The maximum absolute atomic E-state index is 5.89. The van der Waals surface area contributed by atoms with Crippen molar-refractivity contribution in [2.75, 3.05) is 6.54 Å². The highest BCUT2D eigenvalue weighted by Crippen LogP contribution is 2.24. The lowest BCUT2D eigenvalue weighted by Crippen LogP contribution is -2.36. The van der Waals surface area contributed by atoms with Crippen LogP contribution in [0.1, 0.15) is 40.2 Å². The molecular weight excluding hydrogens is 242 g/mol. The minimum absolute atomic E-state index is 0.368. The Bertz CT molecular complexity index is 350. The summed E-state index contributed by atoms with van der Waals surface area (Å²) in [5, 5.41) is 4.43. The maximum Gasteiger partial charge on any atom is 0.0406 e. The second kappa shape index (κ2) is 6.58. The van der Waals surface area contributed by atoms with Crippen molar-refractivity contribution in [2.24, 2.45) is 11.3 Å². The lowest BCUT2D eigenvalue weighted by atomic mass is 9.82. The zero-order valence-electron chi connectivity index (χ0n) is 12.3. The molecule has 18 heavy (non-hydrogen) atoms. The second-order valence-corrected chi connectivity index (χ2v) is 6.84. The van der Waals surface area contributed by atoms with Crippen LogP contribution >= 0.6 is 11.6 Å². The quantitative estimate of drug-likeness (QED) is 0.826. The average Bonchev–Trinajstić information content (AvgIpc) is 2.28. The van der Waals surface area contributed by atoms with E-state index in [0.717, 1.165) is 18.0 Å². The molecule has 1 aromatic carbocycles. The summed E-state index contributed by atoms with van der Waals surface area (Å²) >= 11 is 5.89. The highest BCUT2D eigenvalue weighted by molar-refractivity contribution is 6.30. The van der Waals surface area contributed by atoms with Crippen LogP contribution in [0.3, 0.4) is 0 Å². The molecule has 0 radical (unpaired) electrons. The van der Waals surface area contributed by atoms with Crippen molar-refractivity contribution >= 4 is 11.6 Å². The summed E-state index contributed by atoms with van der Waals surface area (Å²) in [4.78, 5) is 0. The van der Waals surface area contributed by atoms with Crippen molar-refractivity contribution in [1.82, 2.24) is 5.32 Å². The van der Waals surface area contributed by atoms with Crippen LogP contribution < -0.4 is 5.32 Å². The average molecular weight is 268 g/mol. The van der Waals surface area contributed by atoms with Crippen molar-refractivity contribution in [3.05, 3.63) is 34.9 Å². The zero-order valence-corrected chi connectivity index (χ0v) is 13.0. The molecule has 1 aromatic rings. The van der Waals surface area contributed by atoms with Crippen molar-refractivity contribution in [3.8, 4) is 0 Å². The molecule has 0 amide bonds. The van der Waals surface area contributed by atoms with Gasteiger partial charge < -0.3 is 5.32 Å². The Kier molecular flexibility index (Phi) is 5.68. The molecule has 0 saturated carbocycles. The van der Waals surface area contributed by atoms with Crippen LogP contribution in [0.15, 0.2) is 24.3 Å². The number of hydrogen-bond donors (Lipinski definition) is 1. The first-order valence-electron chi connectivity index (χ1n) is 6.77. The molecule has 1 rings (SSSR count). The van der Waals surface area contributed by atoms with E-state index in [-0.39, 0.29) is 0 Å². The Labute approximate surface area is 117 Å². The van der Waals surface area contributed by atoms with E-state index >= 15 is 0 Å². The maximum atomic E-state index is 5.89. The fraction of sp³-hybridized carbons (Fsp3) is 0.625. The predicted molar refractivity (Wildman–Crippen MR) is 81.2 cm³/mol. The first-order chi connectivity index (χ1) is 8.29. The minimum Gasteiger partial charge on any atom is -0.314 e. The third-order valence-electron chi connectivity index (χ3n) is 3.71. The van der Waals surface area contributed by atoms with Gasteiger partial charge in [0, 0.05) is 11.1 Å². The number of halogens is 1. The van der Waals surface area contributed by atoms with E-state index in [1.165, 1.54) is 5.56 Å². The molecule has 0 aliphatic carbocycles. The van der Waals surface area contributed by atoms with Gasteiger partial charge in [0.25, 0.3) is 0 Å². The Balaban J connectivity index is 2.38. The Morgan fingerprint density at radius 2 is 1.67 bits per heavy atom. The minimum atomic E-state index is 0.368. The Hall–Kier alpha value is -0.530. The van der Waals surface area contributed by atoms with Crippen LogP contribution in [0.5, 0.6) is 0 Å². The van der Waals surface area contributed by atoms with Gasteiger partial charge in [0.05, 0.1) is 0 Å². The van der Waals surface area contributed by atoms with Crippen molar-refractivity contribution < 1.29 is 0 Å². The van der Waals surface area contributed by atoms with Crippen molar-refractivity contribution in [1.29, 1.82) is 0 Å². The van der Waals surface area contributed by atoms with Crippen LogP contribution in [0.2, 0.25) is 5.02 Å². The molecule has 1 nitrogen and oxygen atoms in total. The summed E-state index contributed by atoms with van der Waals surface area (Å²) < 4.78 is 0. The van der Waals surface area contributed by atoms with E-state index in [1.807, 2.05) is 12.1 Å². The summed E-state index contributed by atoms with van der Waals surface area (Å²) in [6.07, 6.45) is 1.05. The highest BCUT2D eigenvalue weighted by Gasteiger charge is 2.19. The number of nitrogens with one attached hydrogen (secondary N) is 1. The largest absolute Gasteiger partial charge is 0.314 e. The van der Waals surface area contributed by atoms with Crippen molar-refractivity contribution in [2.45, 2.75) is 47.1 Å². The molecule has 2 unspecified atom stereocenters. The molecule has 0 bridgehead atoms. The van der Waals surface area contributed by atoms with E-state index in [9.17, 15) is 0 Å². The number of benzene rings is 1. The van der Waals surface area contributed by atoms with Gasteiger partial charge >= 0.3 is 0 Å². The third-order valence-corrected chi connectivity index (χ3v) is 3.96. The normalized spacial score (nSPS) is 15.4. The molecule has 0 aromatic heterocycles. The summed E-state index contributed by atoms with van der Waals surface area (Å²) in [5.41, 5.74) is 1.70. The molecule has 0 aliphatic heterocycles. The van der Waals surface area contributed by atoms with Crippen molar-refractivity contribution in [3.63, 3.8) is 0 Å². The van der Waals surface area contributed by atoms with Gasteiger partial charge in [0.15, 0.2) is 0 Å². The van der Waals surface area contributed by atoms with E-state index < -0.39 is 0 Å². The molecule has 0 aliphatic rings. The van der Waals surface area contributed by atoms with Gasteiger partial charge in [-0.25, -0.2) is 0 Å². The molecule has 0 heterocycles. The van der Waals surface area contributed by atoms with Crippen LogP contribution in [0, 0.1) is 11.3 Å². The van der Waals surface area contributed by atoms with E-state index in [1.54, 1.807) is 0 Å². The smallest absolute Gasteiger partial charge is 0.0406 e. The van der Waals surface area contributed by atoms with Crippen LogP contribution in [-0.2, 0) is 6.42 Å². The zero-order chi connectivity index (χ0) is 13.8. The number of rotatable bonds is 5. The second-order valence-electron chi connectivity index (χ2n) is 6.41. The van der Waals surface area contributed by atoms with E-state index in [0.29, 0.717) is 17.4 Å². The van der Waals surface area contributed by atoms with Gasteiger partial charge in [-0.2, -0.15) is 0 Å². The summed E-state index contributed by atoms with van der Waals surface area (Å²) in [7, 11) is 0. The van der Waals surface area contributed by atoms with Gasteiger partial charge in [-0.05, 0) is 48.9 Å². The van der Waals surface area contributed by atoms with E-state index in [4.69, 9.17) is 11.6 Å². The standard InChI is InChI=1S/C16H26ClN/c1-12(16(3,4)5)11-18-13(2)10-14-6-8-15(17)9-7-14/h6-9,12-13,18H,10-11H2,1-5H3. The molecule has 2 heteroatoms. The summed E-state index contributed by atoms with van der Waals surface area (Å²) in [6, 6.07) is 8.63. The third kappa shape index (κ3) is 5.41. The van der Waals surface area contributed by atoms with Crippen LogP contribution in [-0.4, -0.2) is 12.6 Å². The first-order valence-corrected chi connectivity index (χ1v) is 7.14. The first kappa shape index (κ1) is 15.5. The lowest BCUT2D eigenvalue weighted by Gasteiger charge is -2.28. The number of hydrogen-bond acceptors (Lipinski definition) is 1. The van der Waals surface area contributed by atoms with Gasteiger partial charge in [0.1, 0.15) is 0 Å². The predicted octanol–water partition coefficient (Wildman–Crippen LogP) is 4.54. The highest BCUT2D eigenvalue weighted by atomic mass is 35.5. The Morgan fingerprint density at radius 1 is 1.11 bits per heavy atom. The van der Waals surface area contributed by atoms with Gasteiger partial charge in [-0.3, -0.25) is 0 Å². The van der Waals surface area contributed by atoms with Crippen LogP contribution in [0.4, 0.5) is 0 Å². The topological polar surface area (TPSA) is 12.0 Å². The Morgan fingerprint density at radius 3 is 2.17 bits per heavy atom. The molecule has 102 valence electrons. The molecule has 1 N–H and O–H groups in total. The van der Waals surface area contributed by atoms with E-state index in [2.05, 4.69) is 52.1 Å². The monoisotopic (exact) mass is 267 g/mol. The van der Waals surface area contributed by atoms with Gasteiger partial charge in [-0.15, -0.1) is 0 Å². The summed E-state index contributed by atoms with van der Waals surface area (Å²) in [6.45, 7) is 12.5. The SMILES string of the molecule is CC(Cc1ccc(Cl)cc1)NCC(C)C(C)(C)C. The van der Waals surface area contributed by atoms with Gasteiger partial charge in [0.2, 0.25) is 0 Å². The van der Waals surface area contributed by atoms with Crippen LogP contribution in [0.25, 0.3) is 0 Å². The molecule has 0 fully saturated rings. The molecule has 0 spiro atoms. The fourth-order valence-electron chi connectivity index (χ4n) is 1.73. The molecule has 0 saturated heterocycles. The van der Waals surface area contributed by atoms with Gasteiger partial charge in [-0.1, -0.05) is 51.4 Å². The summed E-state index contributed by atoms with van der Waals surface area (Å²) in [5.74, 6) is 0.671. The molecular formula is C16H26ClN. The molecule has 2 atom stereocenters.